The summed E-state index contributed by atoms with van der Waals surface area (Å²) in [6, 6.07) is 6.15. The van der Waals surface area contributed by atoms with Gasteiger partial charge in [0.15, 0.2) is 0 Å². The predicted molar refractivity (Wildman–Crippen MR) is 74.1 cm³/mol. The minimum atomic E-state index is -1.21. The van der Waals surface area contributed by atoms with Gasteiger partial charge in [0.1, 0.15) is 0 Å². The maximum atomic E-state index is 12.0. The van der Waals surface area contributed by atoms with Crippen molar-refractivity contribution in [3.63, 3.8) is 0 Å². The molecule has 92 valence electrons. The Morgan fingerprint density at radius 3 is 2.65 bits per heavy atom. The van der Waals surface area contributed by atoms with Gasteiger partial charge < -0.3 is 5.32 Å². The Labute approximate surface area is 104 Å². The van der Waals surface area contributed by atoms with E-state index in [-0.39, 0.29) is 5.91 Å². The molecule has 1 aliphatic carbocycles. The highest BCUT2D eigenvalue weighted by Crippen LogP contribution is 2.22. The fourth-order valence-corrected chi connectivity index (χ4v) is 2.85. The Balaban J connectivity index is 2.05. The summed E-state index contributed by atoms with van der Waals surface area (Å²) in [5.41, 5.74) is 3.61. The van der Waals surface area contributed by atoms with Gasteiger partial charge in [-0.15, -0.1) is 0 Å². The van der Waals surface area contributed by atoms with E-state index in [4.69, 9.17) is 0 Å². The van der Waals surface area contributed by atoms with Crippen molar-refractivity contribution in [1.29, 1.82) is 0 Å². The molecule has 1 N–H and O–H groups in total. The first kappa shape index (κ1) is 12.4. The lowest BCUT2D eigenvalue weighted by molar-refractivity contribution is 0.0959. The number of rotatable bonds is 3. The maximum absolute atomic E-state index is 12.0. The van der Waals surface area contributed by atoms with Crippen molar-refractivity contribution < 1.29 is 4.79 Å². The van der Waals surface area contributed by atoms with E-state index in [1.54, 1.807) is 0 Å². The van der Waals surface area contributed by atoms with E-state index < -0.39 is 8.07 Å². The van der Waals surface area contributed by atoms with Crippen LogP contribution in [0.1, 0.15) is 27.9 Å². The number of aryl methyl sites for hydroxylation is 2. The molecule has 17 heavy (non-hydrogen) atoms. The Morgan fingerprint density at radius 1 is 1.24 bits per heavy atom. The fourth-order valence-electron chi connectivity index (χ4n) is 2.16. The van der Waals surface area contributed by atoms with Gasteiger partial charge in [-0.2, -0.15) is 0 Å². The van der Waals surface area contributed by atoms with E-state index in [1.807, 2.05) is 6.07 Å². The van der Waals surface area contributed by atoms with Crippen LogP contribution in [0.25, 0.3) is 0 Å². The molecule has 2 rings (SSSR count). The van der Waals surface area contributed by atoms with Crippen LogP contribution in [-0.4, -0.2) is 20.1 Å². The van der Waals surface area contributed by atoms with E-state index in [1.165, 1.54) is 24.0 Å². The van der Waals surface area contributed by atoms with Crippen LogP contribution < -0.4 is 5.32 Å². The van der Waals surface area contributed by atoms with Crippen LogP contribution in [0.15, 0.2) is 18.2 Å². The number of carbonyl (C=O) groups excluding carboxylic acids is 1. The minimum absolute atomic E-state index is 0.0853. The standard InChI is InChI=1S/C14H21NOSi/c1-17(2,3)10-15-14(16)13-8-7-11-5-4-6-12(11)9-13/h7-9H,4-6,10H2,1-3H3,(H,15,16). The fraction of sp³-hybridized carbons (Fsp3) is 0.500. The molecule has 0 bridgehead atoms. The second kappa shape index (κ2) is 4.65. The lowest BCUT2D eigenvalue weighted by atomic mass is 10.1. The average molecular weight is 247 g/mol. The number of hydrogen-bond donors (Lipinski definition) is 1. The molecule has 0 unspecified atom stereocenters. The molecule has 2 nitrogen and oxygen atoms in total. The second-order valence-electron chi connectivity index (χ2n) is 6.08. The predicted octanol–water partition coefficient (Wildman–Crippen LogP) is 2.78. The van der Waals surface area contributed by atoms with Crippen molar-refractivity contribution in [2.75, 3.05) is 6.17 Å². The van der Waals surface area contributed by atoms with Crippen LogP contribution in [0, 0.1) is 0 Å². The summed E-state index contributed by atoms with van der Waals surface area (Å²) < 4.78 is 0. The van der Waals surface area contributed by atoms with Crippen LogP contribution in [-0.2, 0) is 12.8 Å². The zero-order valence-corrected chi connectivity index (χ0v) is 12.0. The van der Waals surface area contributed by atoms with Gasteiger partial charge in [0.05, 0.1) is 8.07 Å². The van der Waals surface area contributed by atoms with E-state index in [0.29, 0.717) is 0 Å². The number of carbonyl (C=O) groups is 1. The van der Waals surface area contributed by atoms with E-state index in [9.17, 15) is 4.79 Å². The lowest BCUT2D eigenvalue weighted by Gasteiger charge is -2.16. The van der Waals surface area contributed by atoms with Gasteiger partial charge in [-0.05, 0) is 42.5 Å². The smallest absolute Gasteiger partial charge is 0.251 e. The topological polar surface area (TPSA) is 29.1 Å². The SMILES string of the molecule is C[Si](C)(C)CNC(=O)c1ccc2c(c1)CCC2. The second-order valence-corrected chi connectivity index (χ2v) is 11.6. The molecule has 0 radical (unpaired) electrons. The maximum Gasteiger partial charge on any atom is 0.251 e. The normalized spacial score (nSPS) is 14.5. The summed E-state index contributed by atoms with van der Waals surface area (Å²) in [6.07, 6.45) is 4.38. The Bertz CT molecular complexity index is 434. The van der Waals surface area contributed by atoms with Crippen molar-refractivity contribution in [3.05, 3.63) is 34.9 Å². The van der Waals surface area contributed by atoms with Gasteiger partial charge in [0.2, 0.25) is 0 Å². The highest BCUT2D eigenvalue weighted by Gasteiger charge is 2.17. The number of nitrogens with one attached hydrogen (secondary N) is 1. The van der Waals surface area contributed by atoms with Gasteiger partial charge in [-0.25, -0.2) is 0 Å². The van der Waals surface area contributed by atoms with Crippen molar-refractivity contribution >= 4 is 14.0 Å². The summed E-state index contributed by atoms with van der Waals surface area (Å²) in [5.74, 6) is 0.0853. The van der Waals surface area contributed by atoms with Crippen molar-refractivity contribution in [1.82, 2.24) is 5.32 Å². The largest absolute Gasteiger partial charge is 0.355 e. The van der Waals surface area contributed by atoms with Gasteiger partial charge in [-0.3, -0.25) is 4.79 Å². The minimum Gasteiger partial charge on any atom is -0.355 e. The summed E-state index contributed by atoms with van der Waals surface area (Å²) in [4.78, 5) is 12.0. The van der Waals surface area contributed by atoms with Crippen LogP contribution in [0.2, 0.25) is 19.6 Å². The van der Waals surface area contributed by atoms with Crippen molar-refractivity contribution in [2.24, 2.45) is 0 Å². The van der Waals surface area contributed by atoms with E-state index in [0.717, 1.165) is 18.2 Å². The Hall–Kier alpha value is -1.09. The third kappa shape index (κ3) is 3.19. The van der Waals surface area contributed by atoms with Gasteiger partial charge >= 0.3 is 0 Å². The molecule has 1 aliphatic rings. The third-order valence-electron chi connectivity index (χ3n) is 3.14. The third-order valence-corrected chi connectivity index (χ3v) is 4.38. The molecule has 1 aromatic rings. The average Bonchev–Trinajstić information content (AvgIpc) is 2.71. The first-order valence-electron chi connectivity index (χ1n) is 6.36. The zero-order chi connectivity index (χ0) is 12.5. The van der Waals surface area contributed by atoms with E-state index in [2.05, 4.69) is 37.1 Å². The first-order valence-corrected chi connectivity index (χ1v) is 10.1. The van der Waals surface area contributed by atoms with Crippen molar-refractivity contribution in [3.8, 4) is 0 Å². The molecular weight excluding hydrogens is 226 g/mol. The van der Waals surface area contributed by atoms with Crippen LogP contribution in [0.5, 0.6) is 0 Å². The molecule has 0 heterocycles. The Kier molecular flexibility index (Phi) is 3.38. The molecular formula is C14H21NOSi. The van der Waals surface area contributed by atoms with Crippen molar-refractivity contribution in [2.45, 2.75) is 38.9 Å². The van der Waals surface area contributed by atoms with Gasteiger partial charge in [0.25, 0.3) is 5.91 Å². The number of hydrogen-bond acceptors (Lipinski definition) is 1. The monoisotopic (exact) mass is 247 g/mol. The van der Waals surface area contributed by atoms with Crippen LogP contribution in [0.4, 0.5) is 0 Å². The molecule has 0 atom stereocenters. The highest BCUT2D eigenvalue weighted by atomic mass is 28.3. The molecule has 0 aliphatic heterocycles. The first-order chi connectivity index (χ1) is 7.96. The summed E-state index contributed by atoms with van der Waals surface area (Å²) >= 11 is 0. The summed E-state index contributed by atoms with van der Waals surface area (Å²) in [6.45, 7) is 6.78. The molecule has 0 spiro atoms. The Morgan fingerprint density at radius 2 is 1.94 bits per heavy atom. The quantitative estimate of drug-likeness (QED) is 0.818. The highest BCUT2D eigenvalue weighted by molar-refractivity contribution is 6.76. The number of benzene rings is 1. The number of amides is 1. The zero-order valence-electron chi connectivity index (χ0n) is 11.0. The molecule has 0 saturated carbocycles. The van der Waals surface area contributed by atoms with Gasteiger partial charge in [0, 0.05) is 11.7 Å². The van der Waals surface area contributed by atoms with E-state index >= 15 is 0 Å². The molecule has 0 aromatic heterocycles. The lowest BCUT2D eigenvalue weighted by Crippen LogP contribution is -2.39. The van der Waals surface area contributed by atoms with Gasteiger partial charge in [-0.1, -0.05) is 25.7 Å². The van der Waals surface area contributed by atoms with Crippen LogP contribution >= 0.6 is 0 Å². The molecule has 0 fully saturated rings. The molecule has 3 heteroatoms. The molecule has 1 aromatic carbocycles. The summed E-state index contributed by atoms with van der Waals surface area (Å²) in [5, 5.41) is 3.05. The molecule has 0 saturated heterocycles. The summed E-state index contributed by atoms with van der Waals surface area (Å²) in [7, 11) is -1.21. The molecule has 1 amide bonds. The number of fused-ring (bicyclic) bond motifs is 1. The van der Waals surface area contributed by atoms with Crippen LogP contribution in [0.3, 0.4) is 0 Å².